The van der Waals surface area contributed by atoms with Crippen LogP contribution in [-0.2, 0) is 4.79 Å². The summed E-state index contributed by atoms with van der Waals surface area (Å²) in [6, 6.07) is 0. The van der Waals surface area contributed by atoms with Gasteiger partial charge in [0.15, 0.2) is 0 Å². The van der Waals surface area contributed by atoms with Crippen molar-refractivity contribution >= 4 is 21.8 Å². The van der Waals surface area contributed by atoms with Crippen molar-refractivity contribution in [3.05, 3.63) is 0 Å². The van der Waals surface area contributed by atoms with Crippen LogP contribution in [0.5, 0.6) is 0 Å². The third-order valence-electron chi connectivity index (χ3n) is 5.48. The van der Waals surface area contributed by atoms with Crippen LogP contribution in [0, 0.1) is 23.2 Å². The van der Waals surface area contributed by atoms with Gasteiger partial charge in [0.25, 0.3) is 0 Å². The van der Waals surface area contributed by atoms with Gasteiger partial charge in [-0.05, 0) is 62.7 Å². The quantitative estimate of drug-likeness (QED) is 0.780. The van der Waals surface area contributed by atoms with Crippen molar-refractivity contribution in [3.8, 4) is 0 Å². The number of alkyl halides is 1. The fourth-order valence-corrected chi connectivity index (χ4v) is 6.53. The van der Waals surface area contributed by atoms with E-state index in [-0.39, 0.29) is 9.74 Å². The van der Waals surface area contributed by atoms with Crippen LogP contribution in [-0.4, -0.2) is 16.8 Å². The minimum Gasteiger partial charge on any atom is -0.356 e. The lowest BCUT2D eigenvalue weighted by atomic mass is 9.49. The average molecular weight is 328 g/mol. The van der Waals surface area contributed by atoms with Crippen LogP contribution in [0.4, 0.5) is 0 Å². The zero-order valence-electron chi connectivity index (χ0n) is 12.2. The molecule has 0 radical (unpaired) electrons. The summed E-state index contributed by atoms with van der Waals surface area (Å²) in [5.41, 5.74) is -0.0371. The fourth-order valence-electron chi connectivity index (χ4n) is 5.08. The molecular weight excluding hydrogens is 302 g/mol. The standard InChI is InChI=1S/C16H26BrNO/c1-11(2)3-4-18-14(19)15-6-12-5-13(7-15)9-16(17,8-12)10-15/h11-13H,3-10H2,1-2H3,(H,18,19). The Kier molecular flexibility index (Phi) is 3.48. The largest absolute Gasteiger partial charge is 0.356 e. The number of halogens is 1. The van der Waals surface area contributed by atoms with E-state index >= 15 is 0 Å². The topological polar surface area (TPSA) is 29.1 Å². The van der Waals surface area contributed by atoms with Crippen LogP contribution in [0.1, 0.15) is 58.8 Å². The zero-order chi connectivity index (χ0) is 13.7. The van der Waals surface area contributed by atoms with E-state index in [0.717, 1.165) is 44.1 Å². The van der Waals surface area contributed by atoms with Crippen LogP contribution >= 0.6 is 15.9 Å². The molecule has 0 aromatic heterocycles. The lowest BCUT2D eigenvalue weighted by molar-refractivity contribution is -0.144. The Morgan fingerprint density at radius 2 is 1.89 bits per heavy atom. The van der Waals surface area contributed by atoms with E-state index in [0.29, 0.717) is 11.8 Å². The van der Waals surface area contributed by atoms with Crippen LogP contribution in [0.25, 0.3) is 0 Å². The number of amides is 1. The molecule has 0 saturated heterocycles. The number of hydrogen-bond donors (Lipinski definition) is 1. The first-order valence-electron chi connectivity index (χ1n) is 7.88. The summed E-state index contributed by atoms with van der Waals surface area (Å²) in [7, 11) is 0. The van der Waals surface area contributed by atoms with E-state index < -0.39 is 0 Å². The number of hydrogen-bond acceptors (Lipinski definition) is 1. The van der Waals surface area contributed by atoms with Crippen molar-refractivity contribution in [2.75, 3.05) is 6.54 Å². The average Bonchev–Trinajstić information content (AvgIpc) is 2.24. The van der Waals surface area contributed by atoms with E-state index in [9.17, 15) is 4.79 Å². The highest BCUT2D eigenvalue weighted by atomic mass is 79.9. The van der Waals surface area contributed by atoms with Crippen LogP contribution in [0.15, 0.2) is 0 Å². The highest BCUT2D eigenvalue weighted by Crippen LogP contribution is 2.64. The molecule has 108 valence electrons. The molecule has 0 aromatic carbocycles. The maximum absolute atomic E-state index is 12.7. The molecule has 4 rings (SSSR count). The summed E-state index contributed by atoms with van der Waals surface area (Å²) in [5, 5.41) is 3.23. The normalized spacial score (nSPS) is 43.8. The first kappa shape index (κ1) is 13.9. The minimum atomic E-state index is -0.0371. The van der Waals surface area contributed by atoms with E-state index in [1.54, 1.807) is 0 Å². The lowest BCUT2D eigenvalue weighted by Gasteiger charge is -2.59. The summed E-state index contributed by atoms with van der Waals surface area (Å²) in [4.78, 5) is 12.7. The molecule has 4 saturated carbocycles. The molecule has 3 heteroatoms. The van der Waals surface area contributed by atoms with Crippen LogP contribution < -0.4 is 5.32 Å². The minimum absolute atomic E-state index is 0.0371. The van der Waals surface area contributed by atoms with Gasteiger partial charge in [-0.15, -0.1) is 0 Å². The Morgan fingerprint density at radius 1 is 1.26 bits per heavy atom. The summed E-state index contributed by atoms with van der Waals surface area (Å²) in [6.07, 6.45) is 8.41. The van der Waals surface area contributed by atoms with E-state index in [1.807, 2.05) is 0 Å². The number of carbonyl (C=O) groups excluding carboxylic acids is 1. The van der Waals surface area contributed by atoms with E-state index in [1.165, 1.54) is 19.3 Å². The molecule has 2 nitrogen and oxygen atoms in total. The van der Waals surface area contributed by atoms with Crippen molar-refractivity contribution in [2.45, 2.75) is 63.1 Å². The third kappa shape index (κ3) is 2.59. The lowest BCUT2D eigenvalue weighted by Crippen LogP contribution is -2.58. The Hall–Kier alpha value is -0.0500. The molecule has 0 spiro atoms. The molecule has 0 heterocycles. The van der Waals surface area contributed by atoms with Crippen molar-refractivity contribution < 1.29 is 4.79 Å². The second-order valence-corrected chi connectivity index (χ2v) is 9.51. The van der Waals surface area contributed by atoms with Gasteiger partial charge in [0, 0.05) is 10.9 Å². The molecule has 1 amide bonds. The first-order valence-corrected chi connectivity index (χ1v) is 8.67. The maximum Gasteiger partial charge on any atom is 0.226 e. The molecule has 4 fully saturated rings. The van der Waals surface area contributed by atoms with Crippen molar-refractivity contribution in [1.29, 1.82) is 0 Å². The molecule has 2 atom stereocenters. The summed E-state index contributed by atoms with van der Waals surface area (Å²) in [6.45, 7) is 5.28. The predicted molar refractivity (Wildman–Crippen MR) is 81.2 cm³/mol. The third-order valence-corrected chi connectivity index (χ3v) is 6.41. The predicted octanol–water partition coefficient (Wildman–Crippen LogP) is 3.88. The number of rotatable bonds is 4. The van der Waals surface area contributed by atoms with Crippen molar-refractivity contribution in [3.63, 3.8) is 0 Å². The molecular formula is C16H26BrNO. The number of nitrogens with one attached hydrogen (secondary N) is 1. The molecule has 0 aromatic rings. The first-order chi connectivity index (χ1) is 8.91. The molecule has 0 aliphatic heterocycles. The van der Waals surface area contributed by atoms with Gasteiger partial charge in [0.2, 0.25) is 5.91 Å². The smallest absolute Gasteiger partial charge is 0.226 e. The maximum atomic E-state index is 12.7. The van der Waals surface area contributed by atoms with Crippen LogP contribution in [0.3, 0.4) is 0 Å². The summed E-state index contributed by atoms with van der Waals surface area (Å²) < 4.78 is 0.284. The second-order valence-electron chi connectivity index (χ2n) is 7.83. The second kappa shape index (κ2) is 4.75. The summed E-state index contributed by atoms with van der Waals surface area (Å²) in [5.74, 6) is 2.60. The number of carbonyl (C=O) groups is 1. The van der Waals surface area contributed by atoms with E-state index in [2.05, 4.69) is 35.1 Å². The fraction of sp³-hybridized carbons (Fsp3) is 0.938. The van der Waals surface area contributed by atoms with Gasteiger partial charge >= 0.3 is 0 Å². The van der Waals surface area contributed by atoms with Gasteiger partial charge in [-0.3, -0.25) is 4.79 Å². The molecule has 19 heavy (non-hydrogen) atoms. The molecule has 4 bridgehead atoms. The highest BCUT2D eigenvalue weighted by Gasteiger charge is 2.59. The molecule has 4 aliphatic rings. The SMILES string of the molecule is CC(C)CCNC(=O)C12CC3CC(CC(Br)(C3)C1)C2. The van der Waals surface area contributed by atoms with Gasteiger partial charge in [0.1, 0.15) is 0 Å². The van der Waals surface area contributed by atoms with Gasteiger partial charge in [0.05, 0.1) is 5.41 Å². The Labute approximate surface area is 125 Å². The van der Waals surface area contributed by atoms with Crippen LogP contribution in [0.2, 0.25) is 0 Å². The van der Waals surface area contributed by atoms with Crippen molar-refractivity contribution in [1.82, 2.24) is 5.32 Å². The molecule has 4 aliphatic carbocycles. The molecule has 2 unspecified atom stereocenters. The van der Waals surface area contributed by atoms with E-state index in [4.69, 9.17) is 0 Å². The Balaban J connectivity index is 1.68. The zero-order valence-corrected chi connectivity index (χ0v) is 13.8. The van der Waals surface area contributed by atoms with Gasteiger partial charge in [-0.2, -0.15) is 0 Å². The van der Waals surface area contributed by atoms with Crippen molar-refractivity contribution in [2.24, 2.45) is 23.2 Å². The van der Waals surface area contributed by atoms with Gasteiger partial charge < -0.3 is 5.32 Å². The Morgan fingerprint density at radius 3 is 2.42 bits per heavy atom. The monoisotopic (exact) mass is 327 g/mol. The molecule has 1 N–H and O–H groups in total. The van der Waals surface area contributed by atoms with Gasteiger partial charge in [-0.25, -0.2) is 0 Å². The highest BCUT2D eigenvalue weighted by molar-refractivity contribution is 9.10. The van der Waals surface area contributed by atoms with Gasteiger partial charge in [-0.1, -0.05) is 29.8 Å². The Bertz CT molecular complexity index is 365. The summed E-state index contributed by atoms with van der Waals surface area (Å²) >= 11 is 3.97.